The van der Waals surface area contributed by atoms with E-state index in [2.05, 4.69) is 41.1 Å². The number of piperidine rings is 2. The molecule has 1 aromatic carbocycles. The molecule has 58 heavy (non-hydrogen) atoms. The first kappa shape index (κ1) is 39.3. The summed E-state index contributed by atoms with van der Waals surface area (Å²) in [6, 6.07) is 13.2. The lowest BCUT2D eigenvalue weighted by Crippen LogP contribution is -2.47. The second-order valence-electron chi connectivity index (χ2n) is 16.1. The molecule has 3 amide bonds. The average Bonchev–Trinajstić information content (AvgIpc) is 3.24. The van der Waals surface area contributed by atoms with Gasteiger partial charge in [0.1, 0.15) is 23.4 Å². The Hall–Kier alpha value is -5.57. The van der Waals surface area contributed by atoms with Crippen LogP contribution in [0, 0.1) is 17.6 Å². The third-order valence-corrected chi connectivity index (χ3v) is 12.4. The number of carbonyl (C=O) groups is 3. The molecule has 304 valence electrons. The van der Waals surface area contributed by atoms with Crippen molar-refractivity contribution in [3.05, 3.63) is 94.7 Å². The average molecular weight is 794 g/mol. The highest BCUT2D eigenvalue weighted by molar-refractivity contribution is 6.01. The molecule has 0 spiro atoms. The second-order valence-corrected chi connectivity index (χ2v) is 16.1. The van der Waals surface area contributed by atoms with Gasteiger partial charge in [0.25, 0.3) is 5.56 Å². The van der Waals surface area contributed by atoms with Crippen LogP contribution in [-0.2, 0) is 14.4 Å². The number of pyridine rings is 2. The standard InChI is InChI=1S/C43H49F2N9O4/c44-34-24-31(48-36-14-15-38(55)51-42(36)58)10-13-33(34)26-17-21-53(22-18-26)32-11-4-27(5-12-32)41(57)49-29-6-8-30(9-7-29)50-43-47-25-35(45)40(52-43)28-16-19-46-37(23-28)54-20-2-1-3-39(54)56/h1-3,10,13,16,19-20,23-27,29-30,32,36,48H,4-9,11-12,14-15,17-18,21-22H2,(H,49,57)(H,47,50,52)(H,51,55,58). The van der Waals surface area contributed by atoms with Gasteiger partial charge in [-0.25, -0.2) is 23.7 Å². The molecule has 8 rings (SSSR count). The van der Waals surface area contributed by atoms with Crippen molar-refractivity contribution in [2.75, 3.05) is 23.7 Å². The normalized spacial score (nSPS) is 24.5. The first-order valence-electron chi connectivity index (χ1n) is 20.5. The number of halogens is 2. The fourth-order valence-electron chi connectivity index (χ4n) is 9.10. The predicted molar refractivity (Wildman–Crippen MR) is 214 cm³/mol. The fourth-order valence-corrected chi connectivity index (χ4v) is 9.10. The number of hydrogen-bond acceptors (Lipinski definition) is 10. The van der Waals surface area contributed by atoms with E-state index in [-0.39, 0.29) is 65.1 Å². The molecular formula is C43H49F2N9O4. The summed E-state index contributed by atoms with van der Waals surface area (Å²) in [4.78, 5) is 64.7. The highest BCUT2D eigenvalue weighted by Gasteiger charge is 2.34. The Morgan fingerprint density at radius 3 is 2.31 bits per heavy atom. The number of amides is 3. The summed E-state index contributed by atoms with van der Waals surface area (Å²) < 4.78 is 31.6. The first-order chi connectivity index (χ1) is 28.2. The monoisotopic (exact) mass is 793 g/mol. The molecule has 1 unspecified atom stereocenters. The van der Waals surface area contributed by atoms with Gasteiger partial charge in [0.15, 0.2) is 5.82 Å². The molecule has 3 aromatic heterocycles. The summed E-state index contributed by atoms with van der Waals surface area (Å²) in [5.74, 6) is -0.553. The smallest absolute Gasteiger partial charge is 0.256 e. The predicted octanol–water partition coefficient (Wildman–Crippen LogP) is 5.46. The van der Waals surface area contributed by atoms with Crippen molar-refractivity contribution in [2.45, 2.75) is 107 Å². The number of nitrogens with zero attached hydrogens (tertiary/aromatic N) is 5. The van der Waals surface area contributed by atoms with Gasteiger partial charge in [-0.05, 0) is 126 Å². The lowest BCUT2D eigenvalue weighted by molar-refractivity contribution is -0.133. The molecule has 0 bridgehead atoms. The van der Waals surface area contributed by atoms with Crippen LogP contribution in [0.4, 0.5) is 20.4 Å². The lowest BCUT2D eigenvalue weighted by Gasteiger charge is -2.41. The number of likely N-dealkylation sites (tertiary alicyclic amines) is 1. The SMILES string of the molecule is O=C1CCC(Nc2ccc(C3CCN(C4CCC(C(=O)NC5CCC(Nc6ncc(F)c(-c7ccnc(-n8ccccc8=O)c7)n6)CC5)CC4)CC3)c(F)c2)C(=O)N1. The minimum absolute atomic E-state index is 0.00582. The van der Waals surface area contributed by atoms with Crippen LogP contribution in [0.1, 0.15) is 88.5 Å². The second kappa shape index (κ2) is 17.5. The van der Waals surface area contributed by atoms with Crippen molar-refractivity contribution in [2.24, 2.45) is 5.92 Å². The van der Waals surface area contributed by atoms with E-state index in [0.717, 1.165) is 83.5 Å². The third kappa shape index (κ3) is 9.09. The van der Waals surface area contributed by atoms with Crippen molar-refractivity contribution >= 4 is 29.4 Å². The molecule has 2 aliphatic heterocycles. The Labute approximate surface area is 335 Å². The van der Waals surface area contributed by atoms with Crippen LogP contribution < -0.4 is 26.8 Å². The van der Waals surface area contributed by atoms with Crippen LogP contribution in [0.3, 0.4) is 0 Å². The maximum Gasteiger partial charge on any atom is 0.256 e. The van der Waals surface area contributed by atoms with Crippen LogP contribution in [0.5, 0.6) is 0 Å². The molecule has 0 radical (unpaired) electrons. The Kier molecular flexibility index (Phi) is 11.9. The zero-order valence-electron chi connectivity index (χ0n) is 32.3. The van der Waals surface area contributed by atoms with Crippen molar-refractivity contribution in [1.82, 2.24) is 35.1 Å². The quantitative estimate of drug-likeness (QED) is 0.152. The summed E-state index contributed by atoms with van der Waals surface area (Å²) in [5.41, 5.74) is 1.59. The molecule has 2 aliphatic carbocycles. The van der Waals surface area contributed by atoms with Crippen LogP contribution in [-0.4, -0.2) is 79.4 Å². The highest BCUT2D eigenvalue weighted by atomic mass is 19.1. The van der Waals surface area contributed by atoms with E-state index < -0.39 is 11.9 Å². The van der Waals surface area contributed by atoms with Crippen molar-refractivity contribution in [3.8, 4) is 17.1 Å². The van der Waals surface area contributed by atoms with Crippen molar-refractivity contribution < 1.29 is 23.2 Å². The Balaban J connectivity index is 0.760. The number of rotatable bonds is 10. The van der Waals surface area contributed by atoms with Gasteiger partial charge in [-0.15, -0.1) is 0 Å². The molecule has 4 aliphatic rings. The minimum atomic E-state index is -0.577. The van der Waals surface area contributed by atoms with E-state index in [9.17, 15) is 23.6 Å². The van der Waals surface area contributed by atoms with Gasteiger partial charge in [0, 0.05) is 60.2 Å². The fraction of sp³-hybridized carbons (Fsp3) is 0.465. The van der Waals surface area contributed by atoms with E-state index in [1.54, 1.807) is 30.5 Å². The molecule has 4 fully saturated rings. The topological polar surface area (TPSA) is 163 Å². The van der Waals surface area contributed by atoms with Crippen molar-refractivity contribution in [3.63, 3.8) is 0 Å². The largest absolute Gasteiger partial charge is 0.374 e. The molecular weight excluding hydrogens is 745 g/mol. The summed E-state index contributed by atoms with van der Waals surface area (Å²) in [6.07, 6.45) is 13.6. The van der Waals surface area contributed by atoms with E-state index >= 15 is 4.39 Å². The summed E-state index contributed by atoms with van der Waals surface area (Å²) in [5, 5.41) is 12.1. The Morgan fingerprint density at radius 2 is 1.57 bits per heavy atom. The zero-order valence-corrected chi connectivity index (χ0v) is 32.3. The maximum atomic E-state index is 15.3. The zero-order chi connectivity index (χ0) is 40.2. The molecule has 15 heteroatoms. The van der Waals surface area contributed by atoms with Crippen LogP contribution in [0.2, 0.25) is 0 Å². The lowest BCUT2D eigenvalue weighted by atomic mass is 9.82. The molecule has 4 N–H and O–H groups in total. The van der Waals surface area contributed by atoms with Crippen LogP contribution in [0.15, 0.2) is 71.9 Å². The van der Waals surface area contributed by atoms with E-state index in [4.69, 9.17) is 0 Å². The summed E-state index contributed by atoms with van der Waals surface area (Å²) in [7, 11) is 0. The van der Waals surface area contributed by atoms with Gasteiger partial charge >= 0.3 is 0 Å². The molecule has 13 nitrogen and oxygen atoms in total. The minimum Gasteiger partial charge on any atom is -0.374 e. The number of carbonyl (C=O) groups excluding carboxylic acids is 3. The number of aromatic nitrogens is 4. The van der Waals surface area contributed by atoms with Crippen molar-refractivity contribution in [1.29, 1.82) is 0 Å². The summed E-state index contributed by atoms with van der Waals surface area (Å²) >= 11 is 0. The van der Waals surface area contributed by atoms with E-state index in [1.807, 2.05) is 12.1 Å². The Bertz CT molecular complexity index is 2190. The number of hydrogen-bond donors (Lipinski definition) is 4. The Morgan fingerprint density at radius 1 is 0.793 bits per heavy atom. The van der Waals surface area contributed by atoms with E-state index in [0.29, 0.717) is 41.0 Å². The third-order valence-electron chi connectivity index (χ3n) is 12.4. The number of benzene rings is 1. The molecule has 2 saturated heterocycles. The number of nitrogens with one attached hydrogen (secondary N) is 4. The van der Waals surface area contributed by atoms with Crippen LogP contribution >= 0.6 is 0 Å². The molecule has 5 heterocycles. The van der Waals surface area contributed by atoms with E-state index in [1.165, 1.54) is 22.9 Å². The molecule has 4 aromatic rings. The van der Waals surface area contributed by atoms with Gasteiger partial charge in [0.05, 0.1) is 6.20 Å². The maximum absolute atomic E-state index is 15.3. The summed E-state index contributed by atoms with van der Waals surface area (Å²) in [6.45, 7) is 1.79. The molecule has 2 saturated carbocycles. The number of imide groups is 1. The molecule has 1 atom stereocenters. The first-order valence-corrected chi connectivity index (χ1v) is 20.5. The van der Waals surface area contributed by atoms with Gasteiger partial charge in [-0.1, -0.05) is 12.1 Å². The highest BCUT2D eigenvalue weighted by Crippen LogP contribution is 2.36. The van der Waals surface area contributed by atoms with Gasteiger partial charge < -0.3 is 20.9 Å². The van der Waals surface area contributed by atoms with Gasteiger partial charge in [-0.3, -0.25) is 29.1 Å². The van der Waals surface area contributed by atoms with Gasteiger partial charge in [0.2, 0.25) is 23.7 Å². The van der Waals surface area contributed by atoms with Crippen LogP contribution in [0.25, 0.3) is 17.1 Å². The van der Waals surface area contributed by atoms with Gasteiger partial charge in [-0.2, -0.15) is 0 Å². The number of anilines is 2.